The third-order valence-electron chi connectivity index (χ3n) is 6.30. The van der Waals surface area contributed by atoms with Gasteiger partial charge in [-0.25, -0.2) is 0 Å². The summed E-state index contributed by atoms with van der Waals surface area (Å²) in [6, 6.07) is 34.0. The molecule has 0 aliphatic carbocycles. The quantitative estimate of drug-likeness (QED) is 0.241. The van der Waals surface area contributed by atoms with Gasteiger partial charge in [-0.3, -0.25) is 0 Å². The van der Waals surface area contributed by atoms with Crippen LogP contribution in [0.2, 0.25) is 0 Å². The SMILES string of the molecule is Br.C=Cc1ccc([PH](Cc2cccc(O)c2)(c2ccc(C=C)cc2)c2ccc(C=C)cc2)cc1. The molecule has 0 amide bonds. The first kappa shape index (κ1) is 25.4. The third-order valence-corrected chi connectivity index (χ3v) is 11.2. The van der Waals surface area contributed by atoms with Crippen molar-refractivity contribution in [2.24, 2.45) is 0 Å². The molecule has 0 atom stereocenters. The van der Waals surface area contributed by atoms with Gasteiger partial charge in [0.1, 0.15) is 0 Å². The van der Waals surface area contributed by atoms with Gasteiger partial charge in [0.2, 0.25) is 0 Å². The van der Waals surface area contributed by atoms with Crippen LogP contribution in [0.15, 0.2) is 117 Å². The molecule has 4 aromatic carbocycles. The first-order valence-electron chi connectivity index (χ1n) is 11.1. The molecule has 34 heavy (non-hydrogen) atoms. The molecular formula is C31H30BrOP. The van der Waals surface area contributed by atoms with E-state index in [4.69, 9.17) is 0 Å². The van der Waals surface area contributed by atoms with Gasteiger partial charge in [-0.2, -0.15) is 0 Å². The van der Waals surface area contributed by atoms with Crippen molar-refractivity contribution in [3.63, 3.8) is 0 Å². The predicted molar refractivity (Wildman–Crippen MR) is 159 cm³/mol. The van der Waals surface area contributed by atoms with Crippen LogP contribution in [0.25, 0.3) is 18.2 Å². The molecule has 0 aliphatic rings. The number of aromatic hydroxyl groups is 1. The Morgan fingerprint density at radius 1 is 0.588 bits per heavy atom. The van der Waals surface area contributed by atoms with Crippen LogP contribution < -0.4 is 15.9 Å². The molecule has 4 rings (SSSR count). The summed E-state index contributed by atoms with van der Waals surface area (Å²) in [5, 5.41) is 14.2. The average molecular weight is 529 g/mol. The number of halogens is 1. The second-order valence-corrected chi connectivity index (χ2v) is 12.1. The molecule has 0 spiro atoms. The topological polar surface area (TPSA) is 20.2 Å². The van der Waals surface area contributed by atoms with Crippen LogP contribution >= 0.6 is 24.2 Å². The van der Waals surface area contributed by atoms with E-state index in [2.05, 4.69) is 98.6 Å². The summed E-state index contributed by atoms with van der Waals surface area (Å²) in [6.45, 7) is 11.8. The molecule has 0 aromatic heterocycles. The molecule has 0 bridgehead atoms. The van der Waals surface area contributed by atoms with Crippen LogP contribution in [0.1, 0.15) is 22.3 Å². The number of phenolic OH excluding ortho intramolecular Hbond substituents is 1. The van der Waals surface area contributed by atoms with Crippen molar-refractivity contribution >= 4 is 58.4 Å². The summed E-state index contributed by atoms with van der Waals surface area (Å²) in [4.78, 5) is 0. The van der Waals surface area contributed by atoms with Crippen LogP contribution in [0.5, 0.6) is 5.75 Å². The minimum atomic E-state index is -2.51. The van der Waals surface area contributed by atoms with Crippen molar-refractivity contribution in [1.29, 1.82) is 0 Å². The zero-order valence-electron chi connectivity index (χ0n) is 19.2. The van der Waals surface area contributed by atoms with E-state index >= 15 is 0 Å². The predicted octanol–water partition coefficient (Wildman–Crippen LogP) is 7.13. The Morgan fingerprint density at radius 3 is 1.29 bits per heavy atom. The van der Waals surface area contributed by atoms with Crippen LogP contribution in [0, 0.1) is 0 Å². The summed E-state index contributed by atoms with van der Waals surface area (Å²) < 4.78 is 0. The number of phenols is 1. The van der Waals surface area contributed by atoms with E-state index in [0.29, 0.717) is 5.75 Å². The maximum atomic E-state index is 10.2. The molecule has 0 fully saturated rings. The maximum absolute atomic E-state index is 10.2. The van der Waals surface area contributed by atoms with E-state index in [0.717, 1.165) is 28.4 Å². The average Bonchev–Trinajstić information content (AvgIpc) is 2.87. The summed E-state index contributed by atoms with van der Waals surface area (Å²) in [5.74, 6) is 0.293. The monoisotopic (exact) mass is 528 g/mol. The Bertz CT molecular complexity index is 1150. The molecule has 0 saturated carbocycles. The van der Waals surface area contributed by atoms with Gasteiger partial charge in [0, 0.05) is 0 Å². The molecule has 1 nitrogen and oxygen atoms in total. The second kappa shape index (κ2) is 11.3. The molecule has 0 aliphatic heterocycles. The summed E-state index contributed by atoms with van der Waals surface area (Å²) >= 11 is 0. The zero-order valence-corrected chi connectivity index (χ0v) is 21.9. The van der Waals surface area contributed by atoms with Crippen molar-refractivity contribution < 1.29 is 5.11 Å². The Labute approximate surface area is 213 Å². The van der Waals surface area contributed by atoms with Gasteiger partial charge >= 0.3 is 197 Å². The van der Waals surface area contributed by atoms with Crippen molar-refractivity contribution in [1.82, 2.24) is 0 Å². The van der Waals surface area contributed by atoms with Gasteiger partial charge in [0.15, 0.2) is 0 Å². The summed E-state index contributed by atoms with van der Waals surface area (Å²) in [7, 11) is -2.51. The normalized spacial score (nSPS) is 11.2. The van der Waals surface area contributed by atoms with Gasteiger partial charge in [0.25, 0.3) is 0 Å². The fourth-order valence-corrected chi connectivity index (χ4v) is 9.14. The zero-order chi connectivity index (χ0) is 23.3. The molecule has 0 radical (unpaired) electrons. The van der Waals surface area contributed by atoms with E-state index in [-0.39, 0.29) is 17.0 Å². The van der Waals surface area contributed by atoms with Crippen molar-refractivity contribution in [3.8, 4) is 5.75 Å². The standard InChI is InChI=1S/C31H29OP.BrH/c1-4-24-10-16-29(17-11-24)33(23-27-8-7-9-28(32)22-27,30-18-12-25(5-2)13-19-30)31-20-14-26(6-3)15-21-31;/h4-22,32-33H,1-3,23H2;1H. The van der Waals surface area contributed by atoms with Crippen LogP contribution in [0.3, 0.4) is 0 Å². The Morgan fingerprint density at radius 2 is 0.971 bits per heavy atom. The first-order chi connectivity index (χ1) is 16.1. The van der Waals surface area contributed by atoms with E-state index in [1.54, 1.807) is 6.07 Å². The van der Waals surface area contributed by atoms with E-state index in [1.165, 1.54) is 15.9 Å². The molecule has 4 aromatic rings. The molecule has 0 heterocycles. The Balaban J connectivity index is 0.00000324. The van der Waals surface area contributed by atoms with E-state index in [1.807, 2.05) is 30.4 Å². The molecule has 3 heteroatoms. The Kier molecular flexibility index (Phi) is 8.45. The molecule has 0 saturated heterocycles. The van der Waals surface area contributed by atoms with Crippen molar-refractivity contribution in [2.45, 2.75) is 6.16 Å². The third kappa shape index (κ3) is 5.14. The fraction of sp³-hybridized carbons (Fsp3) is 0.0323. The van der Waals surface area contributed by atoms with E-state index in [9.17, 15) is 5.11 Å². The van der Waals surface area contributed by atoms with Gasteiger partial charge in [-0.1, -0.05) is 0 Å². The second-order valence-electron chi connectivity index (χ2n) is 8.23. The van der Waals surface area contributed by atoms with Gasteiger partial charge in [-0.15, -0.1) is 17.0 Å². The van der Waals surface area contributed by atoms with E-state index < -0.39 is 7.26 Å². The van der Waals surface area contributed by atoms with Gasteiger partial charge in [0.05, 0.1) is 0 Å². The number of hydrogen-bond donors (Lipinski definition) is 1. The fourth-order valence-electron chi connectivity index (χ4n) is 4.49. The molecular weight excluding hydrogens is 499 g/mol. The molecule has 172 valence electrons. The van der Waals surface area contributed by atoms with Crippen LogP contribution in [-0.2, 0) is 6.16 Å². The minimum absolute atomic E-state index is 0. The van der Waals surface area contributed by atoms with Crippen LogP contribution in [-0.4, -0.2) is 5.11 Å². The van der Waals surface area contributed by atoms with Crippen molar-refractivity contribution in [2.75, 3.05) is 0 Å². The van der Waals surface area contributed by atoms with Gasteiger partial charge < -0.3 is 0 Å². The Hall–Kier alpha value is -3.19. The summed E-state index contributed by atoms with van der Waals surface area (Å²) in [6.07, 6.45) is 6.45. The number of hydrogen-bond acceptors (Lipinski definition) is 1. The van der Waals surface area contributed by atoms with Crippen molar-refractivity contribution in [3.05, 3.63) is 139 Å². The molecule has 1 N–H and O–H groups in total. The first-order valence-corrected chi connectivity index (χ1v) is 13.3. The van der Waals surface area contributed by atoms with Crippen LogP contribution in [0.4, 0.5) is 0 Å². The number of rotatable bonds is 8. The molecule has 0 unspecified atom stereocenters. The number of benzene rings is 4. The van der Waals surface area contributed by atoms with Gasteiger partial charge in [-0.05, 0) is 0 Å². The summed E-state index contributed by atoms with van der Waals surface area (Å²) in [5.41, 5.74) is 4.42.